The Labute approximate surface area is 172 Å². The first kappa shape index (κ1) is 21.2. The second-order valence-electron chi connectivity index (χ2n) is 6.38. The zero-order chi connectivity index (χ0) is 21.0. The maximum absolute atomic E-state index is 13.3. The van der Waals surface area contributed by atoms with Crippen molar-refractivity contribution in [2.45, 2.75) is 18.6 Å². The molecule has 10 heteroatoms. The molecule has 0 radical (unpaired) electrons. The molecule has 3 aromatic rings. The van der Waals surface area contributed by atoms with Gasteiger partial charge in [0, 0.05) is 11.3 Å². The molecular weight excluding hydrogens is 415 g/mol. The van der Waals surface area contributed by atoms with Crippen molar-refractivity contribution in [2.24, 2.45) is 0 Å². The number of hydrogen-bond donors (Lipinski definition) is 1. The topological polar surface area (TPSA) is 94.0 Å². The number of carbonyl (C=O) groups excluding carboxylic acids is 1. The molecule has 7 nitrogen and oxygen atoms in total. The van der Waals surface area contributed by atoms with Crippen LogP contribution in [0.15, 0.2) is 53.7 Å². The average Bonchev–Trinajstić information content (AvgIpc) is 3.08. The molecule has 0 aliphatic heterocycles. The molecule has 0 spiro atoms. The predicted octanol–water partition coefficient (Wildman–Crippen LogP) is 2.74. The standard InChI is InChI=1S/C19H19FN4O3S2/c1-13-3-5-14(6-4-13)17(25)12-28-19-23-22-18(11-21-29(2,26)27)24(19)16-9-7-15(20)8-10-16/h3-10,21H,11-12H2,1-2H3. The lowest BCUT2D eigenvalue weighted by Gasteiger charge is -2.10. The molecule has 0 aliphatic carbocycles. The molecule has 0 saturated carbocycles. The summed E-state index contributed by atoms with van der Waals surface area (Å²) in [6, 6.07) is 12.9. The number of carbonyl (C=O) groups is 1. The number of benzene rings is 2. The van der Waals surface area contributed by atoms with Gasteiger partial charge in [0.25, 0.3) is 0 Å². The SMILES string of the molecule is Cc1ccc(C(=O)CSc2nnc(CNS(C)(=O)=O)n2-c2ccc(F)cc2)cc1. The van der Waals surface area contributed by atoms with Crippen molar-refractivity contribution in [3.8, 4) is 5.69 Å². The van der Waals surface area contributed by atoms with Gasteiger partial charge < -0.3 is 0 Å². The number of thioether (sulfide) groups is 1. The summed E-state index contributed by atoms with van der Waals surface area (Å²) in [6.07, 6.45) is 1.04. The Morgan fingerprint density at radius 3 is 2.38 bits per heavy atom. The van der Waals surface area contributed by atoms with Gasteiger partial charge in [-0.05, 0) is 31.2 Å². The highest BCUT2D eigenvalue weighted by Crippen LogP contribution is 2.23. The minimum atomic E-state index is -3.44. The van der Waals surface area contributed by atoms with E-state index in [0.717, 1.165) is 11.8 Å². The van der Waals surface area contributed by atoms with Crippen LogP contribution in [0.1, 0.15) is 21.7 Å². The van der Waals surface area contributed by atoms with Crippen molar-refractivity contribution in [3.05, 3.63) is 71.3 Å². The fraction of sp³-hybridized carbons (Fsp3) is 0.211. The fourth-order valence-corrected chi connectivity index (χ4v) is 3.76. The number of nitrogens with zero attached hydrogens (tertiary/aromatic N) is 3. The third kappa shape index (κ3) is 5.72. The van der Waals surface area contributed by atoms with Crippen molar-refractivity contribution in [3.63, 3.8) is 0 Å². The molecule has 0 fully saturated rings. The molecule has 0 amide bonds. The Balaban J connectivity index is 1.85. The van der Waals surface area contributed by atoms with Crippen LogP contribution in [0.5, 0.6) is 0 Å². The number of sulfonamides is 1. The Bertz CT molecular complexity index is 1110. The van der Waals surface area contributed by atoms with Gasteiger partial charge in [-0.15, -0.1) is 10.2 Å². The number of hydrogen-bond acceptors (Lipinski definition) is 6. The maximum atomic E-state index is 13.3. The van der Waals surface area contributed by atoms with E-state index >= 15 is 0 Å². The lowest BCUT2D eigenvalue weighted by molar-refractivity contribution is 0.102. The van der Waals surface area contributed by atoms with E-state index in [0.29, 0.717) is 22.2 Å². The lowest BCUT2D eigenvalue weighted by Crippen LogP contribution is -2.23. The van der Waals surface area contributed by atoms with Gasteiger partial charge >= 0.3 is 0 Å². The number of nitrogens with one attached hydrogen (secondary N) is 1. The van der Waals surface area contributed by atoms with E-state index in [1.807, 2.05) is 19.1 Å². The van der Waals surface area contributed by atoms with E-state index < -0.39 is 15.8 Å². The van der Waals surface area contributed by atoms with E-state index in [9.17, 15) is 17.6 Å². The predicted molar refractivity (Wildman–Crippen MR) is 109 cm³/mol. The van der Waals surface area contributed by atoms with Crippen LogP contribution in [0, 0.1) is 12.7 Å². The fourth-order valence-electron chi connectivity index (χ4n) is 2.51. The summed E-state index contributed by atoms with van der Waals surface area (Å²) in [4.78, 5) is 12.5. The molecular formula is C19H19FN4O3S2. The monoisotopic (exact) mass is 434 g/mol. The zero-order valence-electron chi connectivity index (χ0n) is 15.8. The summed E-state index contributed by atoms with van der Waals surface area (Å²) < 4.78 is 40.2. The number of aryl methyl sites for hydroxylation is 1. The summed E-state index contributed by atoms with van der Waals surface area (Å²) in [7, 11) is -3.44. The van der Waals surface area contributed by atoms with Gasteiger partial charge in [-0.3, -0.25) is 9.36 Å². The van der Waals surface area contributed by atoms with E-state index in [2.05, 4.69) is 14.9 Å². The quantitative estimate of drug-likeness (QED) is 0.433. The molecule has 0 bridgehead atoms. The molecule has 1 aromatic heterocycles. The number of Topliss-reactive ketones (excluding diaryl/α,β-unsaturated/α-hetero) is 1. The first-order valence-electron chi connectivity index (χ1n) is 8.60. The van der Waals surface area contributed by atoms with Crippen LogP contribution >= 0.6 is 11.8 Å². The molecule has 0 saturated heterocycles. The van der Waals surface area contributed by atoms with Crippen LogP contribution in [-0.2, 0) is 16.6 Å². The van der Waals surface area contributed by atoms with Gasteiger partial charge in [0.15, 0.2) is 16.8 Å². The van der Waals surface area contributed by atoms with Crippen LogP contribution in [0.2, 0.25) is 0 Å². The summed E-state index contributed by atoms with van der Waals surface area (Å²) in [6.45, 7) is 1.86. The smallest absolute Gasteiger partial charge is 0.209 e. The highest BCUT2D eigenvalue weighted by molar-refractivity contribution is 7.99. The number of halogens is 1. The molecule has 0 aliphatic rings. The second-order valence-corrected chi connectivity index (χ2v) is 9.16. The molecule has 2 aromatic carbocycles. The Morgan fingerprint density at radius 1 is 1.10 bits per heavy atom. The van der Waals surface area contributed by atoms with Crippen molar-refractivity contribution >= 4 is 27.6 Å². The van der Waals surface area contributed by atoms with Crippen LogP contribution < -0.4 is 4.72 Å². The molecule has 29 heavy (non-hydrogen) atoms. The summed E-state index contributed by atoms with van der Waals surface area (Å²) in [5, 5.41) is 8.54. The van der Waals surface area contributed by atoms with Crippen molar-refractivity contribution in [1.82, 2.24) is 19.5 Å². The number of aromatic nitrogens is 3. The summed E-state index contributed by atoms with van der Waals surface area (Å²) in [5.41, 5.74) is 2.22. The van der Waals surface area contributed by atoms with Gasteiger partial charge in [0.1, 0.15) is 5.82 Å². The van der Waals surface area contributed by atoms with Crippen LogP contribution in [0.3, 0.4) is 0 Å². The maximum Gasteiger partial charge on any atom is 0.209 e. The summed E-state index contributed by atoms with van der Waals surface area (Å²) >= 11 is 1.18. The summed E-state index contributed by atoms with van der Waals surface area (Å²) in [5.74, 6) is -0.0183. The third-order valence-corrected chi connectivity index (χ3v) is 5.58. The number of rotatable bonds is 8. The van der Waals surface area contributed by atoms with Crippen molar-refractivity contribution < 1.29 is 17.6 Å². The van der Waals surface area contributed by atoms with Gasteiger partial charge in [-0.1, -0.05) is 41.6 Å². The molecule has 1 heterocycles. The van der Waals surface area contributed by atoms with E-state index in [4.69, 9.17) is 0 Å². The lowest BCUT2D eigenvalue weighted by atomic mass is 10.1. The molecule has 0 atom stereocenters. The normalized spacial score (nSPS) is 11.6. The van der Waals surface area contributed by atoms with Gasteiger partial charge in [0.2, 0.25) is 10.0 Å². The molecule has 152 valence electrons. The van der Waals surface area contributed by atoms with Gasteiger partial charge in [-0.2, -0.15) is 0 Å². The minimum absolute atomic E-state index is 0.0699. The minimum Gasteiger partial charge on any atom is -0.293 e. The highest BCUT2D eigenvalue weighted by Gasteiger charge is 2.17. The Hall–Kier alpha value is -2.56. The largest absolute Gasteiger partial charge is 0.293 e. The van der Waals surface area contributed by atoms with Crippen LogP contribution in [-0.4, -0.2) is 41.0 Å². The van der Waals surface area contributed by atoms with E-state index in [-0.39, 0.29) is 18.1 Å². The Morgan fingerprint density at radius 2 is 1.76 bits per heavy atom. The third-order valence-electron chi connectivity index (χ3n) is 3.98. The van der Waals surface area contributed by atoms with Crippen molar-refractivity contribution in [1.29, 1.82) is 0 Å². The van der Waals surface area contributed by atoms with Gasteiger partial charge in [-0.25, -0.2) is 17.5 Å². The van der Waals surface area contributed by atoms with Crippen LogP contribution in [0.25, 0.3) is 5.69 Å². The number of ketones is 1. The first-order valence-corrected chi connectivity index (χ1v) is 11.5. The zero-order valence-corrected chi connectivity index (χ0v) is 17.4. The molecule has 3 rings (SSSR count). The van der Waals surface area contributed by atoms with Gasteiger partial charge in [0.05, 0.1) is 18.6 Å². The van der Waals surface area contributed by atoms with E-state index in [1.165, 1.54) is 36.0 Å². The first-order chi connectivity index (χ1) is 13.7. The second kappa shape index (κ2) is 8.85. The average molecular weight is 435 g/mol. The molecule has 0 unspecified atom stereocenters. The molecule has 1 N–H and O–H groups in total. The van der Waals surface area contributed by atoms with Crippen molar-refractivity contribution in [2.75, 3.05) is 12.0 Å². The Kier molecular flexibility index (Phi) is 6.46. The van der Waals surface area contributed by atoms with E-state index in [1.54, 1.807) is 16.7 Å². The highest BCUT2D eigenvalue weighted by atomic mass is 32.2. The van der Waals surface area contributed by atoms with Crippen LogP contribution in [0.4, 0.5) is 4.39 Å².